The van der Waals surface area contributed by atoms with Crippen molar-refractivity contribution in [2.45, 2.75) is 6.92 Å². The highest BCUT2D eigenvalue weighted by Crippen LogP contribution is 2.19. The van der Waals surface area contributed by atoms with Crippen LogP contribution >= 0.6 is 11.6 Å². The molecule has 0 unspecified atom stereocenters. The Kier molecular flexibility index (Phi) is 5.80. The van der Waals surface area contributed by atoms with Crippen LogP contribution in [0.1, 0.15) is 11.1 Å². The van der Waals surface area contributed by atoms with Gasteiger partial charge < -0.3 is 5.32 Å². The molecule has 0 saturated carbocycles. The predicted octanol–water partition coefficient (Wildman–Crippen LogP) is 2.65. The molecule has 2 amide bonds. The van der Waals surface area contributed by atoms with Crippen LogP contribution in [0.15, 0.2) is 47.6 Å². The number of non-ortho nitro benzene ring substituents is 1. The molecule has 0 radical (unpaired) electrons. The van der Waals surface area contributed by atoms with Crippen molar-refractivity contribution in [2.75, 3.05) is 5.32 Å². The molecule has 9 heteroatoms. The third kappa shape index (κ3) is 5.11. The minimum Gasteiger partial charge on any atom is -0.317 e. The average molecular weight is 361 g/mol. The van der Waals surface area contributed by atoms with Crippen molar-refractivity contribution < 1.29 is 14.5 Å². The second kappa shape index (κ2) is 8.02. The van der Waals surface area contributed by atoms with Crippen LogP contribution < -0.4 is 10.7 Å². The van der Waals surface area contributed by atoms with Crippen LogP contribution in [0.5, 0.6) is 0 Å². The molecule has 2 rings (SSSR count). The lowest BCUT2D eigenvalue weighted by Crippen LogP contribution is -2.32. The fraction of sp³-hybridized carbons (Fsp3) is 0.0625. The molecular formula is C16H13ClN4O4. The summed E-state index contributed by atoms with van der Waals surface area (Å²) in [7, 11) is 0. The van der Waals surface area contributed by atoms with Crippen molar-refractivity contribution in [2.24, 2.45) is 5.10 Å². The number of benzene rings is 2. The number of aryl methyl sites for hydroxylation is 1. The highest BCUT2D eigenvalue weighted by molar-refractivity contribution is 6.39. The molecule has 0 saturated heterocycles. The fourth-order valence-electron chi connectivity index (χ4n) is 1.88. The molecule has 0 aliphatic rings. The summed E-state index contributed by atoms with van der Waals surface area (Å²) in [5, 5.41) is 17.2. The number of hydrogen-bond donors (Lipinski definition) is 2. The van der Waals surface area contributed by atoms with E-state index in [0.29, 0.717) is 21.8 Å². The smallest absolute Gasteiger partial charge is 0.317 e. The van der Waals surface area contributed by atoms with Gasteiger partial charge in [-0.3, -0.25) is 19.7 Å². The lowest BCUT2D eigenvalue weighted by Gasteiger charge is -2.07. The van der Waals surface area contributed by atoms with E-state index in [2.05, 4.69) is 15.8 Å². The first-order chi connectivity index (χ1) is 11.9. The molecule has 0 aliphatic carbocycles. The van der Waals surface area contributed by atoms with Crippen molar-refractivity contribution in [3.8, 4) is 0 Å². The van der Waals surface area contributed by atoms with Crippen LogP contribution in [0.3, 0.4) is 0 Å². The van der Waals surface area contributed by atoms with E-state index in [1.165, 1.54) is 24.4 Å². The summed E-state index contributed by atoms with van der Waals surface area (Å²) in [6, 6.07) is 10.5. The van der Waals surface area contributed by atoms with E-state index in [0.717, 1.165) is 0 Å². The maximum atomic E-state index is 11.8. The molecule has 0 aliphatic heterocycles. The Hall–Kier alpha value is -3.26. The van der Waals surface area contributed by atoms with Crippen molar-refractivity contribution in [3.63, 3.8) is 0 Å². The number of hydrogen-bond acceptors (Lipinski definition) is 5. The molecule has 128 valence electrons. The maximum absolute atomic E-state index is 11.8. The predicted molar refractivity (Wildman–Crippen MR) is 93.7 cm³/mol. The number of rotatable bonds is 4. The Morgan fingerprint density at radius 1 is 1.20 bits per heavy atom. The second-order valence-electron chi connectivity index (χ2n) is 4.96. The van der Waals surface area contributed by atoms with Crippen LogP contribution in [0.2, 0.25) is 5.02 Å². The van der Waals surface area contributed by atoms with Crippen LogP contribution in [-0.2, 0) is 9.59 Å². The second-order valence-corrected chi connectivity index (χ2v) is 5.40. The summed E-state index contributed by atoms with van der Waals surface area (Å²) in [4.78, 5) is 33.7. The molecule has 2 aromatic rings. The quantitative estimate of drug-likeness (QED) is 0.377. The highest BCUT2D eigenvalue weighted by Gasteiger charge is 2.14. The summed E-state index contributed by atoms with van der Waals surface area (Å²) in [6.45, 7) is 1.74. The fourth-order valence-corrected chi connectivity index (χ4v) is 2.11. The molecule has 0 fully saturated rings. The number of nitrogens with one attached hydrogen (secondary N) is 2. The first-order valence-electron chi connectivity index (χ1n) is 7.02. The molecule has 0 atom stereocenters. The van der Waals surface area contributed by atoms with E-state index < -0.39 is 16.7 Å². The number of carbonyl (C=O) groups excluding carboxylic acids is 2. The summed E-state index contributed by atoms with van der Waals surface area (Å²) in [6.07, 6.45) is 1.20. The number of carbonyl (C=O) groups is 2. The molecule has 0 aromatic heterocycles. The SMILES string of the molecule is Cc1cc(Cl)ccc1NC(=O)C(=O)N/N=C\c1cccc([N+](=O)[O-])c1. The number of halogens is 1. The number of anilines is 1. The van der Waals surface area contributed by atoms with E-state index in [4.69, 9.17) is 11.6 Å². The van der Waals surface area contributed by atoms with Gasteiger partial charge in [-0.25, -0.2) is 5.43 Å². The van der Waals surface area contributed by atoms with Gasteiger partial charge in [0.1, 0.15) is 0 Å². The van der Waals surface area contributed by atoms with Crippen molar-refractivity contribution in [1.82, 2.24) is 5.43 Å². The van der Waals surface area contributed by atoms with E-state index in [9.17, 15) is 19.7 Å². The van der Waals surface area contributed by atoms with Gasteiger partial charge in [0.15, 0.2) is 0 Å². The Labute approximate surface area is 147 Å². The molecule has 2 aromatic carbocycles. The molecule has 2 N–H and O–H groups in total. The zero-order valence-electron chi connectivity index (χ0n) is 13.0. The monoisotopic (exact) mass is 360 g/mol. The number of amides is 2. The maximum Gasteiger partial charge on any atom is 0.329 e. The van der Waals surface area contributed by atoms with Crippen molar-refractivity contribution in [3.05, 3.63) is 68.7 Å². The van der Waals surface area contributed by atoms with Gasteiger partial charge in [-0.05, 0) is 30.7 Å². The summed E-state index contributed by atoms with van der Waals surface area (Å²) >= 11 is 5.82. The number of nitro benzene ring substituents is 1. The van der Waals surface area contributed by atoms with E-state index in [-0.39, 0.29) is 5.69 Å². The first-order valence-corrected chi connectivity index (χ1v) is 7.39. The van der Waals surface area contributed by atoms with Gasteiger partial charge in [-0.2, -0.15) is 5.10 Å². The Morgan fingerprint density at radius 2 is 1.96 bits per heavy atom. The minimum absolute atomic E-state index is 0.105. The molecule has 0 spiro atoms. The van der Waals surface area contributed by atoms with Crippen LogP contribution in [0.25, 0.3) is 0 Å². The minimum atomic E-state index is -0.976. The van der Waals surface area contributed by atoms with Crippen molar-refractivity contribution >= 4 is 41.0 Å². The lowest BCUT2D eigenvalue weighted by molar-refractivity contribution is -0.384. The standard InChI is InChI=1S/C16H13ClN4O4/c1-10-7-12(17)5-6-14(10)19-15(22)16(23)20-18-9-11-3-2-4-13(8-11)21(24)25/h2-9H,1H3,(H,19,22)(H,20,23)/b18-9-. The van der Waals surface area contributed by atoms with Crippen LogP contribution in [0, 0.1) is 17.0 Å². The molecule has 8 nitrogen and oxygen atoms in total. The molecule has 0 heterocycles. The Morgan fingerprint density at radius 3 is 2.64 bits per heavy atom. The number of nitro groups is 1. The number of hydrazone groups is 1. The molecule has 25 heavy (non-hydrogen) atoms. The van der Waals surface area contributed by atoms with Gasteiger partial charge in [0.25, 0.3) is 5.69 Å². The van der Waals surface area contributed by atoms with Crippen molar-refractivity contribution in [1.29, 1.82) is 0 Å². The third-order valence-electron chi connectivity index (χ3n) is 3.10. The zero-order valence-corrected chi connectivity index (χ0v) is 13.8. The lowest BCUT2D eigenvalue weighted by atomic mass is 10.2. The molecular weight excluding hydrogens is 348 g/mol. The highest BCUT2D eigenvalue weighted by atomic mass is 35.5. The Balaban J connectivity index is 1.96. The topological polar surface area (TPSA) is 114 Å². The third-order valence-corrected chi connectivity index (χ3v) is 3.34. The van der Waals surface area contributed by atoms with E-state index in [1.54, 1.807) is 31.2 Å². The van der Waals surface area contributed by atoms with Gasteiger partial charge in [0.05, 0.1) is 11.1 Å². The van der Waals surface area contributed by atoms with Gasteiger partial charge >= 0.3 is 11.8 Å². The summed E-state index contributed by atoms with van der Waals surface area (Å²) in [5.41, 5.74) is 3.51. The van der Waals surface area contributed by atoms with Gasteiger partial charge in [0.2, 0.25) is 0 Å². The van der Waals surface area contributed by atoms with Gasteiger partial charge in [-0.1, -0.05) is 23.7 Å². The van der Waals surface area contributed by atoms with Crippen LogP contribution in [0.4, 0.5) is 11.4 Å². The average Bonchev–Trinajstić information content (AvgIpc) is 2.57. The molecule has 0 bridgehead atoms. The summed E-state index contributed by atoms with van der Waals surface area (Å²) in [5.74, 6) is -1.88. The van der Waals surface area contributed by atoms with Crippen LogP contribution in [-0.4, -0.2) is 23.0 Å². The van der Waals surface area contributed by atoms with Gasteiger partial charge in [-0.15, -0.1) is 0 Å². The first kappa shape index (κ1) is 18.1. The van der Waals surface area contributed by atoms with Gasteiger partial charge in [0, 0.05) is 28.4 Å². The largest absolute Gasteiger partial charge is 0.329 e. The normalized spacial score (nSPS) is 10.5. The van der Waals surface area contributed by atoms with E-state index >= 15 is 0 Å². The zero-order chi connectivity index (χ0) is 18.4. The Bertz CT molecular complexity index is 867. The summed E-state index contributed by atoms with van der Waals surface area (Å²) < 4.78 is 0. The van der Waals surface area contributed by atoms with E-state index in [1.807, 2.05) is 0 Å². The number of nitrogens with zero attached hydrogens (tertiary/aromatic N) is 2.